The molecule has 1 unspecified atom stereocenters. The van der Waals surface area contributed by atoms with Crippen LogP contribution < -0.4 is 14.1 Å². The van der Waals surface area contributed by atoms with Crippen LogP contribution in [0.25, 0.3) is 0 Å². The third-order valence-corrected chi connectivity index (χ3v) is 6.31. The molecule has 0 radical (unpaired) electrons. The Kier molecular flexibility index (Phi) is 6.56. The van der Waals surface area contributed by atoms with Gasteiger partial charge in [-0.1, -0.05) is 0 Å². The van der Waals surface area contributed by atoms with Crippen molar-refractivity contribution < 1.29 is 45.5 Å². The van der Waals surface area contributed by atoms with Gasteiger partial charge in [0.05, 0.1) is 30.7 Å². The van der Waals surface area contributed by atoms with Crippen molar-refractivity contribution in [1.82, 2.24) is 0 Å². The summed E-state index contributed by atoms with van der Waals surface area (Å²) >= 11 is 0. The average Bonchev–Trinajstić information content (AvgIpc) is 2.73. The van der Waals surface area contributed by atoms with Crippen LogP contribution in [0.3, 0.4) is 0 Å². The summed E-state index contributed by atoms with van der Waals surface area (Å²) in [5.41, 5.74) is -1.51. The molecule has 9 nitrogen and oxygen atoms in total. The van der Waals surface area contributed by atoms with E-state index in [1.54, 1.807) is 6.92 Å². The molecule has 1 atom stereocenters. The van der Waals surface area contributed by atoms with E-state index < -0.39 is 39.9 Å². The maximum absolute atomic E-state index is 13.2. The smallest absolute Gasteiger partial charge is 0.416 e. The zero-order chi connectivity index (χ0) is 24.6. The first-order valence-corrected chi connectivity index (χ1v) is 10.9. The number of alkyl halides is 3. The lowest BCUT2D eigenvalue weighted by Gasteiger charge is -2.34. The molecule has 0 saturated heterocycles. The number of carbonyl (C=O) groups is 2. The molecule has 0 aromatic heterocycles. The number of hydrogen-bond donors (Lipinski definition) is 0. The molecule has 0 spiro atoms. The Hall–Kier alpha value is -3.32. The lowest BCUT2D eigenvalue weighted by atomic mass is 10.2. The van der Waals surface area contributed by atoms with Gasteiger partial charge >= 0.3 is 18.2 Å². The number of anilines is 2. The molecule has 1 aliphatic rings. The van der Waals surface area contributed by atoms with Crippen LogP contribution in [0, 0.1) is 0 Å². The molecule has 0 N–H and O–H groups in total. The highest BCUT2D eigenvalue weighted by molar-refractivity contribution is 7.94. The summed E-state index contributed by atoms with van der Waals surface area (Å²) in [7, 11) is -3.40. The van der Waals surface area contributed by atoms with Gasteiger partial charge in [0.25, 0.3) is 10.0 Å². The molecule has 1 heterocycles. The number of hydrogen-bond acceptors (Lipinski definition) is 7. The number of fused-ring (bicyclic) bond motifs is 1. The van der Waals surface area contributed by atoms with Gasteiger partial charge in [0.2, 0.25) is 0 Å². The Morgan fingerprint density at radius 1 is 1.12 bits per heavy atom. The van der Waals surface area contributed by atoms with Crippen LogP contribution in [0.5, 0.6) is 5.75 Å². The van der Waals surface area contributed by atoms with Crippen molar-refractivity contribution in [2.24, 2.45) is 0 Å². The van der Waals surface area contributed by atoms with E-state index in [4.69, 9.17) is 14.3 Å². The number of carbonyl (C=O) groups excluding carboxylic acids is 2. The van der Waals surface area contributed by atoms with Crippen molar-refractivity contribution in [3.8, 4) is 5.75 Å². The van der Waals surface area contributed by atoms with Gasteiger partial charge in [-0.05, 0) is 50.2 Å². The topological polar surface area (TPSA) is 102 Å². The third kappa shape index (κ3) is 4.59. The van der Waals surface area contributed by atoms with E-state index in [1.165, 1.54) is 19.1 Å². The number of ether oxygens (including phenoxy) is 2. The van der Waals surface area contributed by atoms with E-state index in [0.717, 1.165) is 25.3 Å². The van der Waals surface area contributed by atoms with Crippen molar-refractivity contribution in [3.05, 3.63) is 48.0 Å². The third-order valence-electron chi connectivity index (χ3n) is 4.56. The summed E-state index contributed by atoms with van der Waals surface area (Å²) in [4.78, 5) is 29.4. The molecule has 0 fully saturated rings. The van der Waals surface area contributed by atoms with Gasteiger partial charge in [-0.15, -0.1) is 0 Å². The number of hydroxylamine groups is 1. The summed E-state index contributed by atoms with van der Waals surface area (Å²) in [6.45, 7) is 3.19. The maximum atomic E-state index is 13.2. The fourth-order valence-corrected chi connectivity index (χ4v) is 4.58. The predicted octanol–water partition coefficient (Wildman–Crippen LogP) is 3.73. The first-order chi connectivity index (χ1) is 15.4. The minimum Gasteiger partial charge on any atom is -0.479 e. The van der Waals surface area contributed by atoms with Crippen LogP contribution in [0.4, 0.5) is 29.3 Å². The van der Waals surface area contributed by atoms with Crippen molar-refractivity contribution in [2.75, 3.05) is 23.1 Å². The molecule has 2 amide bonds. The first kappa shape index (κ1) is 24.3. The quantitative estimate of drug-likeness (QED) is 0.571. The van der Waals surface area contributed by atoms with Gasteiger partial charge in [0, 0.05) is 6.07 Å². The Balaban J connectivity index is 2.02. The van der Waals surface area contributed by atoms with Crippen molar-refractivity contribution >= 4 is 33.4 Å². The van der Waals surface area contributed by atoms with E-state index >= 15 is 0 Å². The van der Waals surface area contributed by atoms with Gasteiger partial charge in [-0.2, -0.15) is 22.5 Å². The highest BCUT2D eigenvalue weighted by Gasteiger charge is 2.44. The average molecular weight is 488 g/mol. The molecule has 2 aromatic carbocycles. The van der Waals surface area contributed by atoms with Crippen LogP contribution in [-0.2, 0) is 30.6 Å². The standard InChI is InChI=1S/C20H19F3N2O7S/c1-4-31-18(26)12(2)32-15-9-10-17-16(11-15)24(30-3)19(27)25(33(17,28)29)14-7-5-13(6-8-14)20(21,22)23/h5-12H,4H2,1-3H3. The van der Waals surface area contributed by atoms with Gasteiger partial charge in [0.15, 0.2) is 6.10 Å². The van der Waals surface area contributed by atoms with Crippen LogP contribution in [0.1, 0.15) is 19.4 Å². The van der Waals surface area contributed by atoms with Crippen LogP contribution in [0.15, 0.2) is 47.4 Å². The fourth-order valence-electron chi connectivity index (χ4n) is 3.06. The molecular weight excluding hydrogens is 469 g/mol. The molecule has 2 aromatic rings. The summed E-state index contributed by atoms with van der Waals surface area (Å²) in [5, 5.41) is 0.649. The number of benzene rings is 2. The van der Waals surface area contributed by atoms with Gasteiger partial charge in [0.1, 0.15) is 10.6 Å². The molecule has 1 aliphatic heterocycles. The summed E-state index contributed by atoms with van der Waals surface area (Å²) in [6, 6.07) is 5.48. The summed E-state index contributed by atoms with van der Waals surface area (Å²) in [5.74, 6) is -0.585. The van der Waals surface area contributed by atoms with Gasteiger partial charge in [-0.25, -0.2) is 18.0 Å². The number of nitrogens with zero attached hydrogens (tertiary/aromatic N) is 2. The molecule has 3 rings (SSSR count). The zero-order valence-electron chi connectivity index (χ0n) is 17.6. The minimum absolute atomic E-state index is 0.0577. The molecule has 33 heavy (non-hydrogen) atoms. The summed E-state index contributed by atoms with van der Waals surface area (Å²) < 4.78 is 75.6. The number of amides is 2. The highest BCUT2D eigenvalue weighted by Crippen LogP contribution is 2.40. The SMILES string of the molecule is CCOC(=O)C(C)Oc1ccc2c(c1)N(OC)C(=O)N(c1ccc(C(F)(F)F)cc1)S2(=O)=O. The first-order valence-electron chi connectivity index (χ1n) is 9.50. The molecule has 178 valence electrons. The number of rotatable bonds is 6. The minimum atomic E-state index is -4.63. The number of sulfonamides is 1. The highest BCUT2D eigenvalue weighted by atomic mass is 32.2. The number of esters is 1. The molecule has 13 heteroatoms. The van der Waals surface area contributed by atoms with E-state index in [1.807, 2.05) is 0 Å². The van der Waals surface area contributed by atoms with Crippen molar-refractivity contribution in [2.45, 2.75) is 31.0 Å². The van der Waals surface area contributed by atoms with Crippen molar-refractivity contribution in [1.29, 1.82) is 0 Å². The monoisotopic (exact) mass is 488 g/mol. The van der Waals surface area contributed by atoms with Crippen molar-refractivity contribution in [3.63, 3.8) is 0 Å². The summed E-state index contributed by atoms with van der Waals surface area (Å²) in [6.07, 6.45) is -5.65. The Labute approximate surface area is 187 Å². The number of urea groups is 1. The Morgan fingerprint density at radius 3 is 2.30 bits per heavy atom. The van der Waals surface area contributed by atoms with E-state index in [0.29, 0.717) is 21.5 Å². The number of halogens is 3. The second-order valence-electron chi connectivity index (χ2n) is 6.72. The Morgan fingerprint density at radius 2 is 1.76 bits per heavy atom. The fraction of sp³-hybridized carbons (Fsp3) is 0.300. The molecule has 0 aliphatic carbocycles. The molecule has 0 saturated carbocycles. The molecular formula is C20H19F3N2O7S. The second kappa shape index (κ2) is 8.90. The van der Waals surface area contributed by atoms with E-state index in [-0.39, 0.29) is 28.6 Å². The van der Waals surface area contributed by atoms with E-state index in [2.05, 4.69) is 0 Å². The maximum Gasteiger partial charge on any atom is 0.416 e. The lowest BCUT2D eigenvalue weighted by Crippen LogP contribution is -2.50. The van der Waals surface area contributed by atoms with Crippen LogP contribution >= 0.6 is 0 Å². The van der Waals surface area contributed by atoms with Crippen LogP contribution in [-0.4, -0.2) is 40.2 Å². The van der Waals surface area contributed by atoms with Gasteiger partial charge < -0.3 is 9.47 Å². The van der Waals surface area contributed by atoms with Crippen LogP contribution in [0.2, 0.25) is 0 Å². The zero-order valence-corrected chi connectivity index (χ0v) is 18.4. The van der Waals surface area contributed by atoms with Gasteiger partial charge in [-0.3, -0.25) is 4.84 Å². The lowest BCUT2D eigenvalue weighted by molar-refractivity contribution is -0.150. The normalized spacial score (nSPS) is 16.2. The Bertz CT molecular complexity index is 1170. The predicted molar refractivity (Wildman–Crippen MR) is 109 cm³/mol. The largest absolute Gasteiger partial charge is 0.479 e. The molecule has 0 bridgehead atoms. The second-order valence-corrected chi connectivity index (χ2v) is 8.47. The van der Waals surface area contributed by atoms with E-state index in [9.17, 15) is 31.2 Å².